The maximum Gasteiger partial charge on any atom is 0.407 e. The van der Waals surface area contributed by atoms with Crippen molar-refractivity contribution in [3.8, 4) is 0 Å². The Morgan fingerprint density at radius 1 is 1.44 bits per heavy atom. The molecule has 2 aromatic heterocycles. The van der Waals surface area contributed by atoms with Crippen molar-refractivity contribution in [1.29, 1.82) is 0 Å². The Morgan fingerprint density at radius 2 is 2.24 bits per heavy atom. The van der Waals surface area contributed by atoms with Gasteiger partial charge in [-0.3, -0.25) is 4.72 Å². The van der Waals surface area contributed by atoms with Gasteiger partial charge in [0.05, 0.1) is 17.4 Å². The second-order valence-electron chi connectivity index (χ2n) is 5.68. The van der Waals surface area contributed by atoms with Crippen LogP contribution in [0.1, 0.15) is 12.0 Å². The van der Waals surface area contributed by atoms with E-state index in [1.807, 2.05) is 0 Å². The molecule has 0 bridgehead atoms. The number of likely N-dealkylation sites (tertiary alicyclic amines) is 1. The van der Waals surface area contributed by atoms with Crippen LogP contribution in [0.4, 0.5) is 16.3 Å². The number of nitrogens with one attached hydrogen (secondary N) is 2. The van der Waals surface area contributed by atoms with Crippen LogP contribution in [0.5, 0.6) is 0 Å². The zero-order chi connectivity index (χ0) is 18.0. The fraction of sp³-hybridized carbons (Fsp3) is 0.357. The maximum atomic E-state index is 12.3. The number of hydrogen-bond donors (Lipinski definition) is 3. The first-order valence-electron chi connectivity index (χ1n) is 7.47. The van der Waals surface area contributed by atoms with Crippen LogP contribution >= 0.6 is 11.3 Å². The Kier molecular flexibility index (Phi) is 4.77. The zero-order valence-corrected chi connectivity index (χ0v) is 15.0. The summed E-state index contributed by atoms with van der Waals surface area (Å²) in [6.45, 7) is 2.64. The van der Waals surface area contributed by atoms with E-state index in [2.05, 4.69) is 20.0 Å². The molecule has 0 radical (unpaired) electrons. The summed E-state index contributed by atoms with van der Waals surface area (Å²) < 4.78 is 27.0. The molecule has 134 valence electrons. The highest BCUT2D eigenvalue weighted by molar-refractivity contribution is 7.92. The van der Waals surface area contributed by atoms with Gasteiger partial charge >= 0.3 is 6.09 Å². The second kappa shape index (κ2) is 6.84. The number of carbonyl (C=O) groups is 1. The number of hydrogen-bond acceptors (Lipinski definition) is 7. The number of aromatic nitrogens is 2. The SMILES string of the molecule is Cc1cc(S(=O)(=O)Nc2cscn2)ncc1N[C@H]1CCN(C(=O)O)C1. The summed E-state index contributed by atoms with van der Waals surface area (Å²) in [5, 5.41) is 13.7. The predicted octanol–water partition coefficient (Wildman–Crippen LogP) is 1.81. The summed E-state index contributed by atoms with van der Waals surface area (Å²) in [5.74, 6) is 0.256. The number of rotatable bonds is 5. The normalized spacial score (nSPS) is 17.5. The van der Waals surface area contributed by atoms with Gasteiger partial charge in [-0.25, -0.2) is 14.8 Å². The van der Waals surface area contributed by atoms with Crippen molar-refractivity contribution in [2.75, 3.05) is 23.1 Å². The van der Waals surface area contributed by atoms with Crippen molar-refractivity contribution in [3.05, 3.63) is 28.7 Å². The molecular formula is C14H17N5O4S2. The Hall–Kier alpha value is -2.40. The fourth-order valence-electron chi connectivity index (χ4n) is 2.55. The van der Waals surface area contributed by atoms with E-state index in [9.17, 15) is 13.2 Å². The highest BCUT2D eigenvalue weighted by Gasteiger charge is 2.26. The minimum atomic E-state index is -3.80. The maximum absolute atomic E-state index is 12.3. The molecule has 1 aliphatic rings. The Labute approximate surface area is 148 Å². The fourth-order valence-corrected chi connectivity index (χ4v) is 4.13. The average molecular weight is 383 g/mol. The number of anilines is 2. The van der Waals surface area contributed by atoms with Gasteiger partial charge < -0.3 is 15.3 Å². The lowest BCUT2D eigenvalue weighted by Crippen LogP contribution is -2.30. The van der Waals surface area contributed by atoms with Crippen LogP contribution < -0.4 is 10.0 Å². The highest BCUT2D eigenvalue weighted by Crippen LogP contribution is 2.22. The Bertz CT molecular complexity index is 869. The molecule has 0 aromatic carbocycles. The number of aryl methyl sites for hydroxylation is 1. The van der Waals surface area contributed by atoms with Gasteiger partial charge in [0.2, 0.25) is 0 Å². The van der Waals surface area contributed by atoms with Gasteiger partial charge in [0.15, 0.2) is 10.8 Å². The lowest BCUT2D eigenvalue weighted by molar-refractivity contribution is 0.155. The van der Waals surface area contributed by atoms with Crippen LogP contribution in [0, 0.1) is 6.92 Å². The Morgan fingerprint density at radius 3 is 2.84 bits per heavy atom. The molecule has 0 aliphatic carbocycles. The van der Waals surface area contributed by atoms with Crippen molar-refractivity contribution < 1.29 is 18.3 Å². The van der Waals surface area contributed by atoms with Crippen LogP contribution in [0.2, 0.25) is 0 Å². The summed E-state index contributed by atoms with van der Waals surface area (Å²) in [7, 11) is -3.80. The molecule has 11 heteroatoms. The van der Waals surface area contributed by atoms with Gasteiger partial charge in [0, 0.05) is 24.5 Å². The summed E-state index contributed by atoms with van der Waals surface area (Å²) in [6, 6.07) is 1.45. The third-order valence-corrected chi connectivity index (χ3v) is 5.69. The number of pyridine rings is 1. The molecule has 25 heavy (non-hydrogen) atoms. The van der Waals surface area contributed by atoms with Crippen molar-refractivity contribution in [1.82, 2.24) is 14.9 Å². The molecule has 0 saturated carbocycles. The minimum Gasteiger partial charge on any atom is -0.465 e. The summed E-state index contributed by atoms with van der Waals surface area (Å²) in [4.78, 5) is 20.2. The van der Waals surface area contributed by atoms with Crippen LogP contribution in [0.15, 0.2) is 28.2 Å². The van der Waals surface area contributed by atoms with Crippen LogP contribution in [0.3, 0.4) is 0 Å². The van der Waals surface area contributed by atoms with E-state index < -0.39 is 16.1 Å². The van der Waals surface area contributed by atoms with E-state index in [1.54, 1.807) is 12.3 Å². The summed E-state index contributed by atoms with van der Waals surface area (Å²) >= 11 is 1.29. The standard InChI is InChI=1S/C14H17N5O4S2/c1-9-4-13(25(22,23)18-12-7-24-8-16-12)15-5-11(9)17-10-2-3-19(6-10)14(20)21/h4-5,7-8,10,17-18H,2-3,6H2,1H3,(H,20,21)/t10-/m0/s1. The van der Waals surface area contributed by atoms with Crippen LogP contribution in [-0.2, 0) is 10.0 Å². The second-order valence-corrected chi connectivity index (χ2v) is 8.02. The lowest BCUT2D eigenvalue weighted by Gasteiger charge is -2.17. The van der Waals surface area contributed by atoms with Gasteiger partial charge in [-0.05, 0) is 25.0 Å². The van der Waals surface area contributed by atoms with E-state index in [0.29, 0.717) is 30.8 Å². The molecule has 1 aliphatic heterocycles. The lowest BCUT2D eigenvalue weighted by atomic mass is 10.2. The molecule has 1 saturated heterocycles. The first-order valence-corrected chi connectivity index (χ1v) is 9.90. The molecule has 2 aromatic rings. The van der Waals surface area contributed by atoms with Gasteiger partial charge in [-0.2, -0.15) is 8.42 Å². The van der Waals surface area contributed by atoms with E-state index in [-0.39, 0.29) is 16.9 Å². The van der Waals surface area contributed by atoms with Crippen molar-refractivity contribution in [2.45, 2.75) is 24.4 Å². The summed E-state index contributed by atoms with van der Waals surface area (Å²) in [6.07, 6.45) is 1.21. The largest absolute Gasteiger partial charge is 0.465 e. The zero-order valence-electron chi connectivity index (χ0n) is 13.3. The molecule has 0 unspecified atom stereocenters. The van der Waals surface area contributed by atoms with Crippen LogP contribution in [-0.4, -0.2) is 53.6 Å². The monoisotopic (exact) mass is 383 g/mol. The third-order valence-electron chi connectivity index (χ3n) is 3.85. The van der Waals surface area contributed by atoms with Crippen molar-refractivity contribution >= 4 is 39.0 Å². The first-order chi connectivity index (χ1) is 11.8. The number of carboxylic acid groups (broad SMARTS) is 1. The number of thiazole rings is 1. The topological polar surface area (TPSA) is 125 Å². The summed E-state index contributed by atoms with van der Waals surface area (Å²) in [5.41, 5.74) is 2.93. The molecule has 3 N–H and O–H groups in total. The average Bonchev–Trinajstić information content (AvgIpc) is 3.20. The third kappa shape index (κ3) is 3.99. The van der Waals surface area contributed by atoms with Crippen molar-refractivity contribution in [2.24, 2.45) is 0 Å². The number of amides is 1. The molecule has 1 fully saturated rings. The van der Waals surface area contributed by atoms with E-state index in [0.717, 1.165) is 0 Å². The van der Waals surface area contributed by atoms with E-state index in [1.165, 1.54) is 34.0 Å². The van der Waals surface area contributed by atoms with Crippen molar-refractivity contribution in [3.63, 3.8) is 0 Å². The predicted molar refractivity (Wildman–Crippen MR) is 93.5 cm³/mol. The van der Waals surface area contributed by atoms with Gasteiger partial charge in [0.1, 0.15) is 0 Å². The van der Waals surface area contributed by atoms with Gasteiger partial charge in [-0.1, -0.05) is 0 Å². The molecule has 1 atom stereocenters. The number of nitrogens with zero attached hydrogens (tertiary/aromatic N) is 3. The minimum absolute atomic E-state index is 0.0211. The smallest absolute Gasteiger partial charge is 0.407 e. The molecule has 0 spiro atoms. The van der Waals surface area contributed by atoms with Crippen LogP contribution in [0.25, 0.3) is 0 Å². The quantitative estimate of drug-likeness (QED) is 0.719. The Balaban J connectivity index is 1.72. The van der Waals surface area contributed by atoms with Gasteiger partial charge in [0.25, 0.3) is 10.0 Å². The van der Waals surface area contributed by atoms with E-state index >= 15 is 0 Å². The molecule has 1 amide bonds. The molecule has 9 nitrogen and oxygen atoms in total. The first kappa shape index (κ1) is 17.4. The molecule has 3 rings (SSSR count). The highest BCUT2D eigenvalue weighted by atomic mass is 32.2. The number of sulfonamides is 1. The van der Waals surface area contributed by atoms with E-state index in [4.69, 9.17) is 5.11 Å². The van der Waals surface area contributed by atoms with Gasteiger partial charge in [-0.15, -0.1) is 11.3 Å². The molecule has 3 heterocycles. The molecular weight excluding hydrogens is 366 g/mol.